The van der Waals surface area contributed by atoms with Crippen molar-refractivity contribution in [1.29, 1.82) is 0 Å². The summed E-state index contributed by atoms with van der Waals surface area (Å²) in [6.07, 6.45) is 0.0936. The standard InChI is InChI=1S/C12H13F3N4O/c1-2-18-8-9(6-16-18)3-4-19-11(20)5-10(7-17-19)12(13,14)15/h5-8H,2-4H2,1H3. The Kier molecular flexibility index (Phi) is 3.91. The van der Waals surface area contributed by atoms with Crippen molar-refractivity contribution < 1.29 is 13.2 Å². The molecule has 5 nitrogen and oxygen atoms in total. The summed E-state index contributed by atoms with van der Waals surface area (Å²) in [5.41, 5.74) is -0.888. The molecule has 2 heterocycles. The Balaban J connectivity index is 2.09. The first kappa shape index (κ1) is 14.3. The fourth-order valence-electron chi connectivity index (χ4n) is 1.70. The van der Waals surface area contributed by atoms with Gasteiger partial charge in [-0.15, -0.1) is 0 Å². The Labute approximate surface area is 112 Å². The smallest absolute Gasteiger partial charge is 0.273 e. The lowest BCUT2D eigenvalue weighted by molar-refractivity contribution is -0.138. The third-order valence-corrected chi connectivity index (χ3v) is 2.82. The molecule has 8 heteroatoms. The number of rotatable bonds is 4. The number of alkyl halides is 3. The van der Waals surface area contributed by atoms with Gasteiger partial charge >= 0.3 is 6.18 Å². The van der Waals surface area contributed by atoms with E-state index in [1.807, 2.05) is 13.1 Å². The molecule has 20 heavy (non-hydrogen) atoms. The number of aryl methyl sites for hydroxylation is 3. The molecule has 0 bridgehead atoms. The molecule has 0 N–H and O–H groups in total. The fraction of sp³-hybridized carbons (Fsp3) is 0.417. The summed E-state index contributed by atoms with van der Waals surface area (Å²) >= 11 is 0. The Morgan fingerprint density at radius 3 is 2.55 bits per heavy atom. The SMILES string of the molecule is CCn1cc(CCn2ncc(C(F)(F)F)cc2=O)cn1. The minimum atomic E-state index is -4.55. The van der Waals surface area contributed by atoms with Crippen molar-refractivity contribution in [3.05, 3.63) is 46.1 Å². The zero-order valence-corrected chi connectivity index (χ0v) is 10.8. The lowest BCUT2D eigenvalue weighted by Gasteiger charge is -2.07. The maximum atomic E-state index is 12.4. The van der Waals surface area contributed by atoms with E-state index in [9.17, 15) is 18.0 Å². The number of hydrogen-bond acceptors (Lipinski definition) is 3. The Morgan fingerprint density at radius 2 is 2.00 bits per heavy atom. The second-order valence-electron chi connectivity index (χ2n) is 4.26. The minimum Gasteiger partial charge on any atom is -0.273 e. The molecule has 2 rings (SSSR count). The van der Waals surface area contributed by atoms with E-state index in [1.165, 1.54) is 0 Å². The Morgan fingerprint density at radius 1 is 1.25 bits per heavy atom. The lowest BCUT2D eigenvalue weighted by Crippen LogP contribution is -2.25. The zero-order chi connectivity index (χ0) is 14.8. The molecular weight excluding hydrogens is 273 g/mol. The van der Waals surface area contributed by atoms with Gasteiger partial charge in [0, 0.05) is 25.4 Å². The van der Waals surface area contributed by atoms with Crippen LogP contribution in [-0.4, -0.2) is 19.6 Å². The molecule has 0 aliphatic carbocycles. The van der Waals surface area contributed by atoms with Crippen LogP contribution in [0.1, 0.15) is 18.1 Å². The molecule has 0 saturated carbocycles. The summed E-state index contributed by atoms with van der Waals surface area (Å²) in [6, 6.07) is 0.558. The molecule has 2 aromatic heterocycles. The third kappa shape index (κ3) is 3.25. The first-order valence-corrected chi connectivity index (χ1v) is 6.06. The largest absolute Gasteiger partial charge is 0.418 e. The lowest BCUT2D eigenvalue weighted by atomic mass is 10.2. The van der Waals surface area contributed by atoms with Crippen molar-refractivity contribution in [2.24, 2.45) is 0 Å². The van der Waals surface area contributed by atoms with Gasteiger partial charge in [0.05, 0.1) is 18.0 Å². The van der Waals surface area contributed by atoms with Crippen molar-refractivity contribution >= 4 is 0 Å². The van der Waals surface area contributed by atoms with E-state index in [2.05, 4.69) is 10.2 Å². The molecule has 0 amide bonds. The monoisotopic (exact) mass is 286 g/mol. The van der Waals surface area contributed by atoms with Gasteiger partial charge in [-0.25, -0.2) is 4.68 Å². The van der Waals surface area contributed by atoms with Crippen LogP contribution in [0.25, 0.3) is 0 Å². The minimum absolute atomic E-state index is 0.215. The number of nitrogens with zero attached hydrogens (tertiary/aromatic N) is 4. The summed E-state index contributed by atoms with van der Waals surface area (Å²) in [7, 11) is 0. The van der Waals surface area contributed by atoms with Gasteiger partial charge in [0.2, 0.25) is 0 Å². The highest BCUT2D eigenvalue weighted by molar-refractivity contribution is 5.10. The van der Waals surface area contributed by atoms with Crippen LogP contribution in [0, 0.1) is 0 Å². The van der Waals surface area contributed by atoms with Crippen molar-refractivity contribution in [2.45, 2.75) is 32.6 Å². The van der Waals surface area contributed by atoms with Crippen LogP contribution < -0.4 is 5.56 Å². The molecule has 0 aliphatic rings. The molecule has 0 saturated heterocycles. The number of hydrogen-bond donors (Lipinski definition) is 0. The molecule has 2 aromatic rings. The molecule has 0 atom stereocenters. The van der Waals surface area contributed by atoms with Gasteiger partial charge in [0.25, 0.3) is 5.56 Å². The van der Waals surface area contributed by atoms with Crippen molar-refractivity contribution in [3.63, 3.8) is 0 Å². The second kappa shape index (κ2) is 5.48. The van der Waals surface area contributed by atoms with Crippen molar-refractivity contribution in [2.75, 3.05) is 0 Å². The van der Waals surface area contributed by atoms with Crippen LogP contribution in [0.5, 0.6) is 0 Å². The van der Waals surface area contributed by atoms with Crippen LogP contribution in [0.2, 0.25) is 0 Å². The Hall–Kier alpha value is -2.12. The molecule has 0 spiro atoms. The summed E-state index contributed by atoms with van der Waals surface area (Å²) in [5.74, 6) is 0. The van der Waals surface area contributed by atoms with Gasteiger partial charge in [-0.05, 0) is 18.9 Å². The average molecular weight is 286 g/mol. The molecule has 0 unspecified atom stereocenters. The molecule has 108 valence electrons. The highest BCUT2D eigenvalue weighted by Crippen LogP contribution is 2.27. The predicted octanol–water partition coefficient (Wildman–Crippen LogP) is 1.72. The van der Waals surface area contributed by atoms with Gasteiger partial charge in [-0.1, -0.05) is 0 Å². The van der Waals surface area contributed by atoms with Crippen LogP contribution in [0.4, 0.5) is 13.2 Å². The molecule has 0 fully saturated rings. The third-order valence-electron chi connectivity index (χ3n) is 2.82. The molecule has 0 aromatic carbocycles. The van der Waals surface area contributed by atoms with E-state index in [0.717, 1.165) is 16.8 Å². The van der Waals surface area contributed by atoms with Gasteiger partial charge < -0.3 is 0 Å². The predicted molar refractivity (Wildman–Crippen MR) is 65.1 cm³/mol. The highest BCUT2D eigenvalue weighted by Gasteiger charge is 2.31. The Bertz CT molecular complexity index is 645. The molecular formula is C12H13F3N4O. The van der Waals surface area contributed by atoms with Gasteiger partial charge in [0.15, 0.2) is 0 Å². The van der Waals surface area contributed by atoms with E-state index in [1.54, 1.807) is 10.9 Å². The van der Waals surface area contributed by atoms with Crippen LogP contribution in [0.15, 0.2) is 29.5 Å². The van der Waals surface area contributed by atoms with E-state index < -0.39 is 17.3 Å². The fourth-order valence-corrected chi connectivity index (χ4v) is 1.70. The van der Waals surface area contributed by atoms with E-state index >= 15 is 0 Å². The highest BCUT2D eigenvalue weighted by atomic mass is 19.4. The van der Waals surface area contributed by atoms with Gasteiger partial charge in [-0.3, -0.25) is 9.48 Å². The summed E-state index contributed by atoms with van der Waals surface area (Å²) in [6.45, 7) is 2.89. The zero-order valence-electron chi connectivity index (χ0n) is 10.8. The van der Waals surface area contributed by atoms with Crippen LogP contribution >= 0.6 is 0 Å². The van der Waals surface area contributed by atoms with Gasteiger partial charge in [0.1, 0.15) is 0 Å². The molecule has 0 radical (unpaired) electrons. The van der Waals surface area contributed by atoms with Crippen LogP contribution in [-0.2, 0) is 25.7 Å². The summed E-state index contributed by atoms with van der Waals surface area (Å²) in [5, 5.41) is 7.62. The van der Waals surface area contributed by atoms with Crippen molar-refractivity contribution in [3.8, 4) is 0 Å². The first-order chi connectivity index (χ1) is 9.40. The first-order valence-electron chi connectivity index (χ1n) is 6.06. The quantitative estimate of drug-likeness (QED) is 0.860. The average Bonchev–Trinajstić information content (AvgIpc) is 2.84. The molecule has 0 aliphatic heterocycles. The maximum Gasteiger partial charge on any atom is 0.418 e. The number of halogens is 3. The maximum absolute atomic E-state index is 12.4. The normalized spacial score (nSPS) is 11.8. The topological polar surface area (TPSA) is 52.7 Å². The summed E-state index contributed by atoms with van der Waals surface area (Å²) in [4.78, 5) is 11.5. The second-order valence-corrected chi connectivity index (χ2v) is 4.26. The number of aromatic nitrogens is 4. The van der Waals surface area contributed by atoms with Gasteiger partial charge in [-0.2, -0.15) is 23.4 Å². The summed E-state index contributed by atoms with van der Waals surface area (Å²) < 4.78 is 39.9. The van der Waals surface area contributed by atoms with E-state index in [4.69, 9.17) is 0 Å². The van der Waals surface area contributed by atoms with E-state index in [0.29, 0.717) is 18.7 Å². The van der Waals surface area contributed by atoms with E-state index in [-0.39, 0.29) is 6.54 Å². The van der Waals surface area contributed by atoms with Crippen LogP contribution in [0.3, 0.4) is 0 Å². The van der Waals surface area contributed by atoms with Crippen molar-refractivity contribution in [1.82, 2.24) is 19.6 Å².